The van der Waals surface area contributed by atoms with Crippen LogP contribution in [0.3, 0.4) is 0 Å². The molecule has 22 heavy (non-hydrogen) atoms. The summed E-state index contributed by atoms with van der Waals surface area (Å²) in [4.78, 5) is 15.3. The normalized spacial score (nSPS) is 23.6. The molecule has 3 rings (SSSR count). The summed E-state index contributed by atoms with van der Waals surface area (Å²) in [5.74, 6) is 0.195. The molecule has 0 radical (unpaired) electrons. The van der Waals surface area contributed by atoms with Gasteiger partial charge in [0.1, 0.15) is 0 Å². The van der Waals surface area contributed by atoms with E-state index in [9.17, 15) is 4.79 Å². The van der Waals surface area contributed by atoms with Gasteiger partial charge in [-0.2, -0.15) is 0 Å². The van der Waals surface area contributed by atoms with E-state index in [1.54, 1.807) is 0 Å². The van der Waals surface area contributed by atoms with Crippen molar-refractivity contribution in [3.8, 4) is 0 Å². The number of amides is 1. The standard InChI is InChI=1S/C19H28N2O/c1-14-8-6-9-15(2)18(14)20-19(22)17-12-7-13-21(17)16-10-4-3-5-11-16/h6,8-9,16-17H,3-5,7,10-13H2,1-2H3,(H,20,22). The molecule has 1 aliphatic heterocycles. The largest absolute Gasteiger partial charge is 0.324 e. The summed E-state index contributed by atoms with van der Waals surface area (Å²) in [5.41, 5.74) is 3.30. The van der Waals surface area contributed by atoms with E-state index < -0.39 is 0 Å². The molecule has 1 saturated carbocycles. The van der Waals surface area contributed by atoms with Gasteiger partial charge < -0.3 is 5.32 Å². The van der Waals surface area contributed by atoms with Crippen LogP contribution in [0.1, 0.15) is 56.1 Å². The zero-order valence-corrected chi connectivity index (χ0v) is 13.9. The van der Waals surface area contributed by atoms with Crippen molar-refractivity contribution >= 4 is 11.6 Å². The van der Waals surface area contributed by atoms with E-state index in [0.29, 0.717) is 6.04 Å². The number of benzene rings is 1. The van der Waals surface area contributed by atoms with Crippen molar-refractivity contribution in [1.29, 1.82) is 0 Å². The second-order valence-electron chi connectivity index (χ2n) is 6.94. The number of rotatable bonds is 3. The Balaban J connectivity index is 1.70. The molecule has 1 aromatic carbocycles. The van der Waals surface area contributed by atoms with Crippen LogP contribution in [0.15, 0.2) is 18.2 Å². The van der Waals surface area contributed by atoms with E-state index in [0.717, 1.165) is 36.2 Å². The predicted octanol–water partition coefficient (Wildman–Crippen LogP) is 4.04. The molecule has 1 unspecified atom stereocenters. The molecular formula is C19H28N2O. The quantitative estimate of drug-likeness (QED) is 0.913. The molecule has 1 aromatic rings. The van der Waals surface area contributed by atoms with E-state index in [4.69, 9.17) is 0 Å². The molecular weight excluding hydrogens is 272 g/mol. The first-order valence-corrected chi connectivity index (χ1v) is 8.79. The fraction of sp³-hybridized carbons (Fsp3) is 0.632. The lowest BCUT2D eigenvalue weighted by Gasteiger charge is -2.35. The molecule has 0 aromatic heterocycles. The van der Waals surface area contributed by atoms with Gasteiger partial charge >= 0.3 is 0 Å². The predicted molar refractivity (Wildman–Crippen MR) is 91.1 cm³/mol. The molecule has 1 amide bonds. The van der Waals surface area contributed by atoms with E-state index >= 15 is 0 Å². The van der Waals surface area contributed by atoms with E-state index in [1.165, 1.54) is 32.1 Å². The minimum atomic E-state index is 0.0714. The third-order valence-electron chi connectivity index (χ3n) is 5.37. The molecule has 2 fully saturated rings. The lowest BCUT2D eigenvalue weighted by atomic mass is 9.93. The number of nitrogens with zero attached hydrogens (tertiary/aromatic N) is 1. The minimum absolute atomic E-state index is 0.0714. The zero-order chi connectivity index (χ0) is 15.5. The van der Waals surface area contributed by atoms with Gasteiger partial charge in [-0.25, -0.2) is 0 Å². The average Bonchev–Trinajstić information content (AvgIpc) is 3.01. The van der Waals surface area contributed by atoms with Gasteiger partial charge in [-0.1, -0.05) is 37.5 Å². The molecule has 1 saturated heterocycles. The van der Waals surface area contributed by atoms with Crippen LogP contribution >= 0.6 is 0 Å². The minimum Gasteiger partial charge on any atom is -0.324 e. The Bertz CT molecular complexity index is 514. The molecule has 3 heteroatoms. The topological polar surface area (TPSA) is 32.3 Å². The van der Waals surface area contributed by atoms with Crippen LogP contribution in [0.4, 0.5) is 5.69 Å². The summed E-state index contributed by atoms with van der Waals surface area (Å²) < 4.78 is 0. The molecule has 2 aliphatic rings. The van der Waals surface area contributed by atoms with Crippen molar-refractivity contribution < 1.29 is 4.79 Å². The number of carbonyl (C=O) groups excluding carboxylic acids is 1. The van der Waals surface area contributed by atoms with Crippen LogP contribution < -0.4 is 5.32 Å². The van der Waals surface area contributed by atoms with Gasteiger partial charge in [0.2, 0.25) is 5.91 Å². The Morgan fingerprint density at radius 3 is 2.41 bits per heavy atom. The maximum absolute atomic E-state index is 12.8. The molecule has 0 bridgehead atoms. The lowest BCUT2D eigenvalue weighted by Crippen LogP contribution is -2.46. The number of carbonyl (C=O) groups is 1. The smallest absolute Gasteiger partial charge is 0.241 e. The highest BCUT2D eigenvalue weighted by atomic mass is 16.2. The van der Waals surface area contributed by atoms with Crippen molar-refractivity contribution in [2.24, 2.45) is 0 Å². The Labute approximate surface area is 134 Å². The Kier molecular flexibility index (Phi) is 4.82. The third-order valence-corrected chi connectivity index (χ3v) is 5.37. The van der Waals surface area contributed by atoms with Gasteiger partial charge in [0.05, 0.1) is 6.04 Å². The summed E-state index contributed by atoms with van der Waals surface area (Å²) in [6.07, 6.45) is 8.72. The highest BCUT2D eigenvalue weighted by Crippen LogP contribution is 2.30. The van der Waals surface area contributed by atoms with Crippen LogP contribution in [-0.4, -0.2) is 29.4 Å². The van der Waals surface area contributed by atoms with Crippen molar-refractivity contribution in [3.63, 3.8) is 0 Å². The summed E-state index contributed by atoms with van der Waals surface area (Å²) in [7, 11) is 0. The van der Waals surface area contributed by atoms with Gasteiger partial charge in [-0.05, 0) is 57.2 Å². The first kappa shape index (κ1) is 15.5. The summed E-state index contributed by atoms with van der Waals surface area (Å²) in [6, 6.07) is 6.88. The fourth-order valence-corrected chi connectivity index (χ4v) is 4.14. The first-order valence-electron chi connectivity index (χ1n) is 8.79. The van der Waals surface area contributed by atoms with Crippen molar-refractivity contribution in [2.45, 2.75) is 70.9 Å². The van der Waals surface area contributed by atoms with Crippen LogP contribution in [0.2, 0.25) is 0 Å². The van der Waals surface area contributed by atoms with Crippen molar-refractivity contribution in [3.05, 3.63) is 29.3 Å². The number of likely N-dealkylation sites (tertiary alicyclic amines) is 1. The molecule has 3 nitrogen and oxygen atoms in total. The molecule has 1 heterocycles. The number of para-hydroxylation sites is 1. The highest BCUT2D eigenvalue weighted by molar-refractivity contribution is 5.96. The van der Waals surface area contributed by atoms with E-state index in [-0.39, 0.29) is 11.9 Å². The monoisotopic (exact) mass is 300 g/mol. The van der Waals surface area contributed by atoms with Crippen LogP contribution in [-0.2, 0) is 4.79 Å². The Hall–Kier alpha value is -1.35. The summed E-state index contributed by atoms with van der Waals surface area (Å²) in [6.45, 7) is 5.22. The molecule has 1 N–H and O–H groups in total. The number of hydrogen-bond donors (Lipinski definition) is 1. The Morgan fingerprint density at radius 1 is 1.05 bits per heavy atom. The number of aryl methyl sites for hydroxylation is 2. The third kappa shape index (κ3) is 3.19. The highest BCUT2D eigenvalue weighted by Gasteiger charge is 2.35. The maximum atomic E-state index is 12.8. The van der Waals surface area contributed by atoms with E-state index in [1.807, 2.05) is 6.07 Å². The number of anilines is 1. The zero-order valence-electron chi connectivity index (χ0n) is 13.9. The van der Waals surface area contributed by atoms with Crippen molar-refractivity contribution in [1.82, 2.24) is 4.90 Å². The van der Waals surface area contributed by atoms with Gasteiger partial charge in [0.25, 0.3) is 0 Å². The van der Waals surface area contributed by atoms with Crippen LogP contribution in [0, 0.1) is 13.8 Å². The summed E-state index contributed by atoms with van der Waals surface area (Å²) >= 11 is 0. The SMILES string of the molecule is Cc1cccc(C)c1NC(=O)C1CCCN1C1CCCCC1. The van der Waals surface area contributed by atoms with Gasteiger partial charge in [0.15, 0.2) is 0 Å². The summed E-state index contributed by atoms with van der Waals surface area (Å²) in [5, 5.41) is 3.21. The van der Waals surface area contributed by atoms with Crippen molar-refractivity contribution in [2.75, 3.05) is 11.9 Å². The van der Waals surface area contributed by atoms with Gasteiger partial charge in [-0.15, -0.1) is 0 Å². The van der Waals surface area contributed by atoms with Crippen LogP contribution in [0.5, 0.6) is 0 Å². The van der Waals surface area contributed by atoms with Crippen LogP contribution in [0.25, 0.3) is 0 Å². The average molecular weight is 300 g/mol. The van der Waals surface area contributed by atoms with Gasteiger partial charge in [0, 0.05) is 11.7 Å². The van der Waals surface area contributed by atoms with Gasteiger partial charge in [-0.3, -0.25) is 9.69 Å². The Morgan fingerprint density at radius 2 is 1.73 bits per heavy atom. The fourth-order valence-electron chi connectivity index (χ4n) is 4.14. The number of hydrogen-bond acceptors (Lipinski definition) is 2. The molecule has 1 aliphatic carbocycles. The number of nitrogens with one attached hydrogen (secondary N) is 1. The van der Waals surface area contributed by atoms with E-state index in [2.05, 4.69) is 36.2 Å². The first-order chi connectivity index (χ1) is 10.7. The molecule has 0 spiro atoms. The lowest BCUT2D eigenvalue weighted by molar-refractivity contribution is -0.121. The second-order valence-corrected chi connectivity index (χ2v) is 6.94. The molecule has 1 atom stereocenters. The maximum Gasteiger partial charge on any atom is 0.241 e. The molecule has 120 valence electrons. The second kappa shape index (κ2) is 6.82.